The van der Waals surface area contributed by atoms with Gasteiger partial charge in [-0.25, -0.2) is 0 Å². The fourth-order valence-corrected chi connectivity index (χ4v) is 1.45. The van der Waals surface area contributed by atoms with Crippen LogP contribution in [0.4, 0.5) is 0 Å². The molecule has 86 valence electrons. The first-order valence-corrected chi connectivity index (χ1v) is 4.53. The molecule has 0 N–H and O–H groups in total. The molecule has 6 nitrogen and oxygen atoms in total. The van der Waals surface area contributed by atoms with Crippen LogP contribution in [0.5, 0.6) is 17.6 Å². The Morgan fingerprint density at radius 2 is 1.69 bits per heavy atom. The van der Waals surface area contributed by atoms with Crippen molar-refractivity contribution < 1.29 is 23.4 Å². The zero-order valence-corrected chi connectivity index (χ0v) is 9.14. The lowest BCUT2D eigenvalue weighted by molar-refractivity contribution is -0.591. The Bertz CT molecular complexity index is 519. The molecule has 2 aromatic rings. The second-order valence-electron chi connectivity index (χ2n) is 3.04. The summed E-state index contributed by atoms with van der Waals surface area (Å²) in [6.45, 7) is 0. The molecule has 0 aliphatic heterocycles. The number of methoxy groups -OCH3 is 3. The number of aromatic nitrogens is 1. The number of hydrogen-bond acceptors (Lipinski definition) is 5. The molecule has 0 amide bonds. The molecule has 0 atom stereocenters. The van der Waals surface area contributed by atoms with Gasteiger partial charge in [-0.2, -0.15) is 0 Å². The van der Waals surface area contributed by atoms with Gasteiger partial charge in [-0.05, 0) is 0 Å². The number of fused-ring (bicyclic) bond motifs is 1. The van der Waals surface area contributed by atoms with Gasteiger partial charge in [0, 0.05) is 6.07 Å². The molecule has 1 aromatic heterocycles. The van der Waals surface area contributed by atoms with Gasteiger partial charge in [-0.15, -0.1) is 0 Å². The van der Waals surface area contributed by atoms with Gasteiger partial charge in [-0.1, -0.05) is 4.73 Å². The van der Waals surface area contributed by atoms with E-state index in [1.165, 1.54) is 27.4 Å². The van der Waals surface area contributed by atoms with E-state index in [1.807, 2.05) is 0 Å². The lowest BCUT2D eigenvalue weighted by atomic mass is 10.3. The second-order valence-corrected chi connectivity index (χ2v) is 3.04. The largest absolute Gasteiger partial charge is 0.613 e. The van der Waals surface area contributed by atoms with Gasteiger partial charge in [0.25, 0.3) is 5.52 Å². The predicted molar refractivity (Wildman–Crippen MR) is 54.8 cm³/mol. The van der Waals surface area contributed by atoms with E-state index in [9.17, 15) is 5.21 Å². The summed E-state index contributed by atoms with van der Waals surface area (Å²) in [6, 6.07) is 3.11. The number of hydrogen-bond donors (Lipinski definition) is 0. The second kappa shape index (κ2) is 3.80. The summed E-state index contributed by atoms with van der Waals surface area (Å²) < 4.78 is 20.7. The van der Waals surface area contributed by atoms with Crippen molar-refractivity contribution in [1.82, 2.24) is 0 Å². The van der Waals surface area contributed by atoms with E-state index in [0.29, 0.717) is 27.3 Å². The SMILES string of the molecule is COc1cc2oc(OC)[n+]([O-])c2cc1OC. The smallest absolute Gasteiger partial charge is 0.573 e. The molecular formula is C10H11NO5. The molecular weight excluding hydrogens is 214 g/mol. The van der Waals surface area contributed by atoms with E-state index in [2.05, 4.69) is 0 Å². The summed E-state index contributed by atoms with van der Waals surface area (Å²) in [7, 11) is 4.37. The van der Waals surface area contributed by atoms with Gasteiger partial charge in [0.1, 0.15) is 0 Å². The molecule has 0 spiro atoms. The van der Waals surface area contributed by atoms with Gasteiger partial charge >= 0.3 is 6.08 Å². The number of oxazole rings is 1. The standard InChI is InChI=1S/C10H11NO5/c1-13-8-4-6-7(5-9(8)14-2)16-10(15-3)11(6)12/h4-5H,1-3H3. The molecule has 16 heavy (non-hydrogen) atoms. The number of rotatable bonds is 3. The fraction of sp³-hybridized carbons (Fsp3) is 0.300. The van der Waals surface area contributed by atoms with Crippen LogP contribution in [0.3, 0.4) is 0 Å². The van der Waals surface area contributed by atoms with Crippen molar-refractivity contribution in [2.75, 3.05) is 21.3 Å². The van der Waals surface area contributed by atoms with E-state index in [4.69, 9.17) is 18.6 Å². The number of nitrogens with zero attached hydrogens (tertiary/aromatic N) is 1. The zero-order chi connectivity index (χ0) is 11.7. The quantitative estimate of drug-likeness (QED) is 0.577. The minimum atomic E-state index is -0.120. The minimum Gasteiger partial charge on any atom is -0.613 e. The third kappa shape index (κ3) is 1.39. The van der Waals surface area contributed by atoms with E-state index in [1.54, 1.807) is 6.07 Å². The topological polar surface area (TPSA) is 67.8 Å². The molecule has 0 saturated carbocycles. The van der Waals surface area contributed by atoms with E-state index >= 15 is 0 Å². The van der Waals surface area contributed by atoms with E-state index in [0.717, 1.165) is 0 Å². The average molecular weight is 225 g/mol. The first kappa shape index (κ1) is 10.4. The monoisotopic (exact) mass is 225 g/mol. The molecule has 2 rings (SSSR count). The first-order valence-electron chi connectivity index (χ1n) is 4.53. The molecule has 1 aromatic carbocycles. The normalized spacial score (nSPS) is 10.4. The highest BCUT2D eigenvalue weighted by Gasteiger charge is 2.21. The van der Waals surface area contributed by atoms with Gasteiger partial charge < -0.3 is 23.8 Å². The van der Waals surface area contributed by atoms with Gasteiger partial charge in [0.05, 0.1) is 27.4 Å². The van der Waals surface area contributed by atoms with Crippen molar-refractivity contribution in [3.63, 3.8) is 0 Å². The Kier molecular flexibility index (Phi) is 2.47. The third-order valence-electron chi connectivity index (χ3n) is 2.22. The van der Waals surface area contributed by atoms with Crippen LogP contribution in [0.25, 0.3) is 11.1 Å². The molecule has 1 heterocycles. The van der Waals surface area contributed by atoms with Crippen molar-refractivity contribution >= 4 is 11.1 Å². The highest BCUT2D eigenvalue weighted by molar-refractivity contribution is 5.75. The molecule has 0 fully saturated rings. The molecule has 0 saturated heterocycles. The molecule has 0 bridgehead atoms. The third-order valence-corrected chi connectivity index (χ3v) is 2.22. The maximum absolute atomic E-state index is 11.6. The van der Waals surface area contributed by atoms with Crippen LogP contribution < -0.4 is 18.9 Å². The molecule has 6 heteroatoms. The zero-order valence-electron chi connectivity index (χ0n) is 9.14. The average Bonchev–Trinajstić information content (AvgIpc) is 2.63. The van der Waals surface area contributed by atoms with Crippen LogP contribution in [0.2, 0.25) is 0 Å². The lowest BCUT2D eigenvalue weighted by Gasteiger charge is -2.04. The van der Waals surface area contributed by atoms with E-state index < -0.39 is 0 Å². The maximum atomic E-state index is 11.6. The van der Waals surface area contributed by atoms with Crippen molar-refractivity contribution in [1.29, 1.82) is 0 Å². The van der Waals surface area contributed by atoms with Gasteiger partial charge in [-0.3, -0.25) is 0 Å². The highest BCUT2D eigenvalue weighted by atomic mass is 16.6. The lowest BCUT2D eigenvalue weighted by Crippen LogP contribution is -2.25. The maximum Gasteiger partial charge on any atom is 0.573 e. The highest BCUT2D eigenvalue weighted by Crippen LogP contribution is 2.32. The van der Waals surface area contributed by atoms with Crippen LogP contribution in [-0.4, -0.2) is 21.3 Å². The summed E-state index contributed by atoms with van der Waals surface area (Å²) in [6.07, 6.45) is -0.120. The van der Waals surface area contributed by atoms with Crippen LogP contribution in [-0.2, 0) is 0 Å². The fourth-order valence-electron chi connectivity index (χ4n) is 1.45. The van der Waals surface area contributed by atoms with E-state index in [-0.39, 0.29) is 6.08 Å². The Labute approximate surface area is 91.5 Å². The number of benzene rings is 1. The Balaban J connectivity index is 2.71. The summed E-state index contributed by atoms with van der Waals surface area (Å²) in [4.78, 5) is 0. The molecule has 0 aliphatic carbocycles. The summed E-state index contributed by atoms with van der Waals surface area (Å²) in [5.74, 6) is 0.954. The molecule has 0 aliphatic rings. The van der Waals surface area contributed by atoms with Gasteiger partial charge in [0.2, 0.25) is 5.58 Å². The Morgan fingerprint density at radius 1 is 1.06 bits per heavy atom. The predicted octanol–water partition coefficient (Wildman–Crippen LogP) is 1.09. The van der Waals surface area contributed by atoms with Crippen molar-refractivity contribution in [2.45, 2.75) is 0 Å². The Hall–Kier alpha value is -2.11. The van der Waals surface area contributed by atoms with Crippen molar-refractivity contribution in [3.8, 4) is 17.6 Å². The summed E-state index contributed by atoms with van der Waals surface area (Å²) in [5.41, 5.74) is 0.707. The van der Waals surface area contributed by atoms with Gasteiger partial charge in [0.15, 0.2) is 11.5 Å². The molecule has 0 radical (unpaired) electrons. The minimum absolute atomic E-state index is 0.120. The van der Waals surface area contributed by atoms with Crippen LogP contribution in [0.15, 0.2) is 16.5 Å². The summed E-state index contributed by atoms with van der Waals surface area (Å²) in [5, 5.41) is 11.6. The molecule has 0 unspecified atom stereocenters. The summed E-state index contributed by atoms with van der Waals surface area (Å²) >= 11 is 0. The van der Waals surface area contributed by atoms with Crippen LogP contribution in [0, 0.1) is 5.21 Å². The van der Waals surface area contributed by atoms with Crippen LogP contribution >= 0.6 is 0 Å². The first-order chi connectivity index (χ1) is 7.71. The number of ether oxygens (including phenoxy) is 3. The Morgan fingerprint density at radius 3 is 2.25 bits per heavy atom. The van der Waals surface area contributed by atoms with Crippen molar-refractivity contribution in [3.05, 3.63) is 17.3 Å². The van der Waals surface area contributed by atoms with Crippen molar-refractivity contribution in [2.24, 2.45) is 0 Å². The van der Waals surface area contributed by atoms with Crippen LogP contribution in [0.1, 0.15) is 0 Å².